The molecule has 2 atom stereocenters. The van der Waals surface area contributed by atoms with Gasteiger partial charge in [-0.25, -0.2) is 4.39 Å². The molecule has 2 aromatic rings. The highest BCUT2D eigenvalue weighted by Gasteiger charge is 2.42. The largest absolute Gasteiger partial charge is 0.368 e. The lowest BCUT2D eigenvalue weighted by Gasteiger charge is -2.49. The number of piperazine rings is 1. The number of hydrogen-bond donors (Lipinski definition) is 1. The molecule has 1 amide bonds. The number of nitro groups is 1. The van der Waals surface area contributed by atoms with E-state index in [1.54, 1.807) is 24.3 Å². The molecule has 1 fully saturated rings. The van der Waals surface area contributed by atoms with Gasteiger partial charge >= 0.3 is 0 Å². The number of nitrogens with one attached hydrogen (secondary N) is 1. The molecule has 0 bridgehead atoms. The standard InChI is InChI=1S/C23H28FN5O3/c1-26(2)10-9-25-23(30)20-14-16-13-19(29(31)32)7-8-21(16)28-12-11-27(15-22(20)28)18-5-3-17(24)4-6-18/h3-8,13,20,22H,9-12,14-15H2,1-2H3,(H,25,30). The van der Waals surface area contributed by atoms with Gasteiger partial charge in [-0.2, -0.15) is 0 Å². The quantitative estimate of drug-likeness (QED) is 0.547. The zero-order valence-electron chi connectivity index (χ0n) is 18.3. The highest BCUT2D eigenvalue weighted by atomic mass is 19.1. The maximum absolute atomic E-state index is 13.4. The van der Waals surface area contributed by atoms with Crippen LogP contribution >= 0.6 is 0 Å². The summed E-state index contributed by atoms with van der Waals surface area (Å²) in [5, 5.41) is 14.3. The minimum Gasteiger partial charge on any atom is -0.368 e. The summed E-state index contributed by atoms with van der Waals surface area (Å²) in [4.78, 5) is 30.5. The maximum atomic E-state index is 13.4. The number of nitrogens with zero attached hydrogens (tertiary/aromatic N) is 4. The fraction of sp³-hybridized carbons (Fsp3) is 0.435. The van der Waals surface area contributed by atoms with Crippen molar-refractivity contribution >= 4 is 23.0 Å². The fourth-order valence-corrected chi connectivity index (χ4v) is 4.64. The first-order chi connectivity index (χ1) is 15.3. The van der Waals surface area contributed by atoms with Crippen molar-refractivity contribution < 1.29 is 14.1 Å². The van der Waals surface area contributed by atoms with Crippen LogP contribution in [0.5, 0.6) is 0 Å². The number of carbonyl (C=O) groups is 1. The van der Waals surface area contributed by atoms with Crippen LogP contribution in [0.3, 0.4) is 0 Å². The molecule has 0 aliphatic carbocycles. The average Bonchev–Trinajstić information content (AvgIpc) is 2.77. The molecule has 170 valence electrons. The summed E-state index contributed by atoms with van der Waals surface area (Å²) in [7, 11) is 3.90. The van der Waals surface area contributed by atoms with E-state index in [0.29, 0.717) is 32.6 Å². The second kappa shape index (κ2) is 9.12. The zero-order valence-corrected chi connectivity index (χ0v) is 18.3. The Morgan fingerprint density at radius 1 is 1.22 bits per heavy atom. The van der Waals surface area contributed by atoms with E-state index in [2.05, 4.69) is 15.1 Å². The molecule has 1 saturated heterocycles. The molecule has 8 nitrogen and oxygen atoms in total. The van der Waals surface area contributed by atoms with Crippen LogP contribution in [0.4, 0.5) is 21.5 Å². The van der Waals surface area contributed by atoms with Gasteiger partial charge < -0.3 is 20.0 Å². The molecule has 2 aromatic carbocycles. The predicted octanol–water partition coefficient (Wildman–Crippen LogP) is 2.28. The topological polar surface area (TPSA) is 82.0 Å². The molecule has 0 radical (unpaired) electrons. The summed E-state index contributed by atoms with van der Waals surface area (Å²) in [5.41, 5.74) is 2.75. The second-order valence-corrected chi connectivity index (χ2v) is 8.66. The number of amides is 1. The van der Waals surface area contributed by atoms with Gasteiger partial charge in [0.25, 0.3) is 5.69 Å². The van der Waals surface area contributed by atoms with Gasteiger partial charge in [0.2, 0.25) is 5.91 Å². The smallest absolute Gasteiger partial charge is 0.269 e. The molecule has 2 heterocycles. The minimum absolute atomic E-state index is 0.0407. The molecule has 0 saturated carbocycles. The first-order valence-corrected chi connectivity index (χ1v) is 10.8. The van der Waals surface area contributed by atoms with E-state index in [4.69, 9.17) is 0 Å². The number of rotatable bonds is 6. The van der Waals surface area contributed by atoms with Crippen molar-refractivity contribution in [3.63, 3.8) is 0 Å². The van der Waals surface area contributed by atoms with Crippen LogP contribution in [0.15, 0.2) is 42.5 Å². The monoisotopic (exact) mass is 441 g/mol. The molecular weight excluding hydrogens is 413 g/mol. The lowest BCUT2D eigenvalue weighted by atomic mass is 9.83. The van der Waals surface area contributed by atoms with Crippen LogP contribution < -0.4 is 15.1 Å². The third kappa shape index (κ3) is 4.52. The van der Waals surface area contributed by atoms with Crippen molar-refractivity contribution in [3.8, 4) is 0 Å². The molecule has 32 heavy (non-hydrogen) atoms. The first kappa shape index (κ1) is 22.0. The lowest BCUT2D eigenvalue weighted by Crippen LogP contribution is -2.61. The number of non-ortho nitro benzene ring substituents is 1. The Morgan fingerprint density at radius 2 is 1.97 bits per heavy atom. The second-order valence-electron chi connectivity index (χ2n) is 8.66. The Morgan fingerprint density at radius 3 is 2.66 bits per heavy atom. The number of anilines is 2. The Hall–Kier alpha value is -3.20. The van der Waals surface area contributed by atoms with Crippen molar-refractivity contribution in [2.75, 3.05) is 56.6 Å². The van der Waals surface area contributed by atoms with E-state index >= 15 is 0 Å². The van der Waals surface area contributed by atoms with Crippen LogP contribution in [0.2, 0.25) is 0 Å². The van der Waals surface area contributed by atoms with Crippen molar-refractivity contribution in [2.45, 2.75) is 12.5 Å². The maximum Gasteiger partial charge on any atom is 0.269 e. The van der Waals surface area contributed by atoms with Gasteiger partial charge in [-0.3, -0.25) is 14.9 Å². The summed E-state index contributed by atoms with van der Waals surface area (Å²) in [6.07, 6.45) is 0.448. The molecule has 0 spiro atoms. The third-order valence-corrected chi connectivity index (χ3v) is 6.29. The lowest BCUT2D eigenvalue weighted by molar-refractivity contribution is -0.384. The fourth-order valence-electron chi connectivity index (χ4n) is 4.64. The summed E-state index contributed by atoms with van der Waals surface area (Å²) < 4.78 is 13.4. The number of hydrogen-bond acceptors (Lipinski definition) is 6. The van der Waals surface area contributed by atoms with Gasteiger partial charge in [-0.1, -0.05) is 0 Å². The minimum atomic E-state index is -0.398. The van der Waals surface area contributed by atoms with E-state index in [9.17, 15) is 19.3 Å². The zero-order chi connectivity index (χ0) is 22.8. The Bertz CT molecular complexity index is 998. The van der Waals surface area contributed by atoms with Gasteiger partial charge in [0.15, 0.2) is 0 Å². The Labute approximate surface area is 186 Å². The van der Waals surface area contributed by atoms with E-state index in [1.807, 2.05) is 19.0 Å². The van der Waals surface area contributed by atoms with Gasteiger partial charge in [-0.05, 0) is 56.4 Å². The number of fused-ring (bicyclic) bond motifs is 3. The number of carbonyl (C=O) groups excluding carboxylic acids is 1. The highest BCUT2D eigenvalue weighted by molar-refractivity contribution is 5.82. The van der Waals surface area contributed by atoms with E-state index < -0.39 is 4.92 Å². The third-order valence-electron chi connectivity index (χ3n) is 6.29. The molecule has 2 aliphatic heterocycles. The molecule has 2 aliphatic rings. The first-order valence-electron chi connectivity index (χ1n) is 10.8. The van der Waals surface area contributed by atoms with Crippen LogP contribution in [0.25, 0.3) is 0 Å². The molecule has 9 heteroatoms. The van der Waals surface area contributed by atoms with Gasteiger partial charge in [0.05, 0.1) is 16.9 Å². The molecular formula is C23H28FN5O3. The molecule has 0 aromatic heterocycles. The average molecular weight is 442 g/mol. The van der Waals surface area contributed by atoms with Gasteiger partial charge in [0, 0.05) is 56.2 Å². The summed E-state index contributed by atoms with van der Waals surface area (Å²) in [6.45, 7) is 3.28. The molecule has 1 N–H and O–H groups in total. The highest BCUT2D eigenvalue weighted by Crippen LogP contribution is 2.38. The number of halogens is 1. The summed E-state index contributed by atoms with van der Waals surface area (Å²) in [5.74, 6) is -0.659. The van der Waals surface area contributed by atoms with Crippen LogP contribution in [0, 0.1) is 21.8 Å². The van der Waals surface area contributed by atoms with Crippen LogP contribution in [-0.2, 0) is 11.2 Å². The molecule has 4 rings (SSSR count). The van der Waals surface area contributed by atoms with Crippen LogP contribution in [0.1, 0.15) is 5.56 Å². The van der Waals surface area contributed by atoms with Gasteiger partial charge in [0.1, 0.15) is 5.82 Å². The van der Waals surface area contributed by atoms with E-state index in [-0.39, 0.29) is 29.4 Å². The summed E-state index contributed by atoms with van der Waals surface area (Å²) >= 11 is 0. The number of nitro benzene ring substituents is 1. The normalized spacial score (nSPS) is 20.0. The van der Waals surface area contributed by atoms with E-state index in [0.717, 1.165) is 23.5 Å². The predicted molar refractivity (Wildman–Crippen MR) is 122 cm³/mol. The van der Waals surface area contributed by atoms with Crippen molar-refractivity contribution in [3.05, 3.63) is 64.0 Å². The van der Waals surface area contributed by atoms with E-state index in [1.165, 1.54) is 18.2 Å². The number of benzene rings is 2. The Kier molecular flexibility index (Phi) is 6.27. The van der Waals surface area contributed by atoms with Gasteiger partial charge in [-0.15, -0.1) is 0 Å². The van der Waals surface area contributed by atoms with Crippen molar-refractivity contribution in [1.82, 2.24) is 10.2 Å². The van der Waals surface area contributed by atoms with Crippen molar-refractivity contribution in [2.24, 2.45) is 5.92 Å². The van der Waals surface area contributed by atoms with Crippen LogP contribution in [-0.4, -0.2) is 68.6 Å². The molecule has 2 unspecified atom stereocenters. The van der Waals surface area contributed by atoms with Crippen molar-refractivity contribution in [1.29, 1.82) is 0 Å². The summed E-state index contributed by atoms with van der Waals surface area (Å²) in [6, 6.07) is 11.3. The number of likely N-dealkylation sites (N-methyl/N-ethyl adjacent to an activating group) is 1. The SMILES string of the molecule is CN(C)CCNC(=O)C1Cc2cc([N+](=O)[O-])ccc2N2CCN(c3ccc(F)cc3)CC12. The Balaban J connectivity index is 1.62.